The van der Waals surface area contributed by atoms with Crippen molar-refractivity contribution < 1.29 is 9.90 Å². The molecule has 2 N–H and O–H groups in total. The van der Waals surface area contributed by atoms with Crippen molar-refractivity contribution in [2.24, 2.45) is 0 Å². The number of nitrogens with zero attached hydrogens (tertiary/aromatic N) is 1. The fourth-order valence-corrected chi connectivity index (χ4v) is 4.70. The summed E-state index contributed by atoms with van der Waals surface area (Å²) in [6, 6.07) is 16.5. The lowest BCUT2D eigenvalue weighted by Crippen LogP contribution is -2.36. The van der Waals surface area contributed by atoms with Gasteiger partial charge in [-0.2, -0.15) is 0 Å². The van der Waals surface area contributed by atoms with E-state index in [-0.39, 0.29) is 11.9 Å². The van der Waals surface area contributed by atoms with Crippen LogP contribution in [0.2, 0.25) is 0 Å². The molecule has 0 bridgehead atoms. The van der Waals surface area contributed by atoms with Crippen LogP contribution in [0.3, 0.4) is 0 Å². The standard InChI is InChI=1S/C24H30N2O2/c27-21-11-7-18(8-12-21)17-20(26-15-3-4-16-26)10-14-24(28)25-23-13-9-19-5-1-2-6-22(19)23/h1-2,5-8,11-12,20,23,27H,3-4,9-10,13-17H2,(H,25,28)/t20-,23?/m1/s1. The fourth-order valence-electron chi connectivity index (χ4n) is 4.70. The number of likely N-dealkylation sites (tertiary alicyclic amines) is 1. The van der Waals surface area contributed by atoms with E-state index in [0.29, 0.717) is 18.2 Å². The number of aromatic hydroxyl groups is 1. The number of rotatable bonds is 7. The number of fused-ring (bicyclic) bond motifs is 1. The number of phenols is 1. The number of aryl methyl sites for hydroxylation is 1. The maximum absolute atomic E-state index is 12.7. The maximum Gasteiger partial charge on any atom is 0.220 e. The Balaban J connectivity index is 1.34. The Labute approximate surface area is 167 Å². The molecule has 1 saturated heterocycles. The Kier molecular flexibility index (Phi) is 5.96. The summed E-state index contributed by atoms with van der Waals surface area (Å²) < 4.78 is 0. The first-order valence-corrected chi connectivity index (χ1v) is 10.6. The van der Waals surface area contributed by atoms with Gasteiger partial charge in [0.1, 0.15) is 5.75 Å². The van der Waals surface area contributed by atoms with E-state index in [1.165, 1.54) is 29.5 Å². The van der Waals surface area contributed by atoms with Crippen molar-refractivity contribution in [1.29, 1.82) is 0 Å². The van der Waals surface area contributed by atoms with Crippen molar-refractivity contribution in [2.75, 3.05) is 13.1 Å². The lowest BCUT2D eigenvalue weighted by molar-refractivity contribution is -0.122. The van der Waals surface area contributed by atoms with Gasteiger partial charge in [0, 0.05) is 12.5 Å². The molecule has 1 fully saturated rings. The molecule has 0 saturated carbocycles. The first-order valence-electron chi connectivity index (χ1n) is 10.6. The highest BCUT2D eigenvalue weighted by Gasteiger charge is 2.26. The quantitative estimate of drug-likeness (QED) is 0.766. The van der Waals surface area contributed by atoms with E-state index in [1.807, 2.05) is 12.1 Å². The van der Waals surface area contributed by atoms with Crippen LogP contribution in [0.5, 0.6) is 5.75 Å². The van der Waals surface area contributed by atoms with E-state index in [9.17, 15) is 9.90 Å². The van der Waals surface area contributed by atoms with E-state index >= 15 is 0 Å². The zero-order chi connectivity index (χ0) is 19.3. The molecule has 1 amide bonds. The van der Waals surface area contributed by atoms with Crippen LogP contribution in [-0.4, -0.2) is 35.0 Å². The number of hydrogen-bond donors (Lipinski definition) is 2. The summed E-state index contributed by atoms with van der Waals surface area (Å²) in [6.45, 7) is 2.25. The lowest BCUT2D eigenvalue weighted by Gasteiger charge is -2.28. The van der Waals surface area contributed by atoms with Gasteiger partial charge in [-0.15, -0.1) is 0 Å². The number of hydrogen-bond acceptors (Lipinski definition) is 3. The van der Waals surface area contributed by atoms with Gasteiger partial charge >= 0.3 is 0 Å². The minimum Gasteiger partial charge on any atom is -0.508 e. The first-order chi connectivity index (χ1) is 13.7. The van der Waals surface area contributed by atoms with Gasteiger partial charge < -0.3 is 15.3 Å². The van der Waals surface area contributed by atoms with E-state index in [2.05, 4.69) is 34.5 Å². The van der Waals surface area contributed by atoms with Crippen molar-refractivity contribution >= 4 is 5.91 Å². The first kappa shape index (κ1) is 19.0. The smallest absolute Gasteiger partial charge is 0.220 e. The van der Waals surface area contributed by atoms with E-state index in [4.69, 9.17) is 0 Å². The molecule has 1 aliphatic heterocycles. The van der Waals surface area contributed by atoms with Gasteiger partial charge in [0.2, 0.25) is 5.91 Å². The largest absolute Gasteiger partial charge is 0.508 e. The topological polar surface area (TPSA) is 52.6 Å². The molecule has 148 valence electrons. The predicted molar refractivity (Wildman–Crippen MR) is 111 cm³/mol. The van der Waals surface area contributed by atoms with Gasteiger partial charge in [-0.1, -0.05) is 36.4 Å². The highest BCUT2D eigenvalue weighted by molar-refractivity contribution is 5.76. The molecule has 2 aliphatic rings. The van der Waals surface area contributed by atoms with Gasteiger partial charge in [0.15, 0.2) is 0 Å². The third kappa shape index (κ3) is 4.56. The molecule has 4 nitrogen and oxygen atoms in total. The molecule has 2 atom stereocenters. The van der Waals surface area contributed by atoms with Gasteiger partial charge in [0.25, 0.3) is 0 Å². The zero-order valence-electron chi connectivity index (χ0n) is 16.4. The molecule has 4 heteroatoms. The third-order valence-electron chi connectivity index (χ3n) is 6.24. The summed E-state index contributed by atoms with van der Waals surface area (Å²) in [5.41, 5.74) is 3.88. The Morgan fingerprint density at radius 1 is 1.11 bits per heavy atom. The van der Waals surface area contributed by atoms with Crippen molar-refractivity contribution in [1.82, 2.24) is 10.2 Å². The minimum atomic E-state index is 0.164. The number of phenolic OH excluding ortho intramolecular Hbond substituents is 1. The second-order valence-electron chi connectivity index (χ2n) is 8.16. The zero-order valence-corrected chi connectivity index (χ0v) is 16.4. The van der Waals surface area contributed by atoms with Crippen LogP contribution >= 0.6 is 0 Å². The van der Waals surface area contributed by atoms with Crippen LogP contribution in [-0.2, 0) is 17.6 Å². The molecule has 1 unspecified atom stereocenters. The number of carbonyl (C=O) groups is 1. The van der Waals surface area contributed by atoms with Crippen LogP contribution in [0, 0.1) is 0 Å². The molecule has 2 aromatic carbocycles. The number of nitrogens with one attached hydrogen (secondary N) is 1. The molecule has 1 heterocycles. The lowest BCUT2D eigenvalue weighted by atomic mass is 10.00. The van der Waals surface area contributed by atoms with E-state index in [1.54, 1.807) is 12.1 Å². The summed E-state index contributed by atoms with van der Waals surface area (Å²) in [4.78, 5) is 15.2. The molecule has 4 rings (SSSR count). The van der Waals surface area contributed by atoms with Crippen molar-refractivity contribution in [3.05, 3.63) is 65.2 Å². The van der Waals surface area contributed by atoms with Gasteiger partial charge in [-0.25, -0.2) is 0 Å². The Morgan fingerprint density at radius 2 is 1.86 bits per heavy atom. The monoisotopic (exact) mass is 378 g/mol. The average Bonchev–Trinajstić information content (AvgIpc) is 3.37. The maximum atomic E-state index is 12.7. The molecular formula is C24H30N2O2. The number of amides is 1. The minimum absolute atomic E-state index is 0.164. The Hall–Kier alpha value is -2.33. The summed E-state index contributed by atoms with van der Waals surface area (Å²) in [5.74, 6) is 0.467. The highest BCUT2D eigenvalue weighted by atomic mass is 16.3. The number of carbonyl (C=O) groups excluding carboxylic acids is 1. The van der Waals surface area contributed by atoms with Crippen LogP contribution in [0.15, 0.2) is 48.5 Å². The molecule has 0 radical (unpaired) electrons. The van der Waals surface area contributed by atoms with Crippen molar-refractivity contribution in [3.63, 3.8) is 0 Å². The van der Waals surface area contributed by atoms with Crippen LogP contribution in [0.25, 0.3) is 0 Å². The molecule has 28 heavy (non-hydrogen) atoms. The Bertz CT molecular complexity index is 797. The van der Waals surface area contributed by atoms with Crippen molar-refractivity contribution in [3.8, 4) is 5.75 Å². The Morgan fingerprint density at radius 3 is 2.64 bits per heavy atom. The normalized spacial score (nSPS) is 20.1. The fraction of sp³-hybridized carbons (Fsp3) is 0.458. The van der Waals surface area contributed by atoms with E-state index < -0.39 is 0 Å². The predicted octanol–water partition coefficient (Wildman–Crippen LogP) is 3.98. The second kappa shape index (κ2) is 8.78. The summed E-state index contributed by atoms with van der Waals surface area (Å²) >= 11 is 0. The van der Waals surface area contributed by atoms with Gasteiger partial charge in [-0.3, -0.25) is 4.79 Å². The molecule has 1 aliphatic carbocycles. The summed E-state index contributed by atoms with van der Waals surface area (Å²) in [6.07, 6.45) is 6.93. The molecular weight excluding hydrogens is 348 g/mol. The summed E-state index contributed by atoms with van der Waals surface area (Å²) in [7, 11) is 0. The third-order valence-corrected chi connectivity index (χ3v) is 6.24. The molecule has 2 aromatic rings. The van der Waals surface area contributed by atoms with Gasteiger partial charge in [0.05, 0.1) is 6.04 Å². The average molecular weight is 379 g/mol. The molecule has 0 spiro atoms. The van der Waals surface area contributed by atoms with Gasteiger partial charge in [-0.05, 0) is 80.4 Å². The van der Waals surface area contributed by atoms with Crippen LogP contribution < -0.4 is 5.32 Å². The highest BCUT2D eigenvalue weighted by Crippen LogP contribution is 2.31. The second-order valence-corrected chi connectivity index (χ2v) is 8.16. The summed E-state index contributed by atoms with van der Waals surface area (Å²) in [5, 5.41) is 12.8. The van der Waals surface area contributed by atoms with E-state index in [0.717, 1.165) is 38.8 Å². The van der Waals surface area contributed by atoms with Crippen LogP contribution in [0.1, 0.15) is 54.8 Å². The van der Waals surface area contributed by atoms with Crippen LogP contribution in [0.4, 0.5) is 0 Å². The number of benzene rings is 2. The molecule has 0 aromatic heterocycles. The van der Waals surface area contributed by atoms with Crippen molar-refractivity contribution in [2.45, 2.75) is 57.0 Å². The SMILES string of the molecule is O=C(CC[C@H](Cc1ccc(O)cc1)N1CCCC1)NC1CCc2ccccc21.